The molecule has 0 radical (unpaired) electrons. The zero-order valence-electron chi connectivity index (χ0n) is 9.22. The number of carbonyl (C=O) groups is 1. The molecule has 0 N–H and O–H groups in total. The molecule has 3 rings (SSSR count). The maximum Gasteiger partial charge on any atom is 0.255 e. The van der Waals surface area contributed by atoms with Crippen LogP contribution in [0.1, 0.15) is 22.3 Å². The standard InChI is InChI=1S/C12H14N2O2/c1-8-4-9(6-13-5-8)12(15)14-3-2-10-11(7-14)16-10/h4-6,10-11H,2-3,7H2,1H3/t10-,11-/m0/s1. The summed E-state index contributed by atoms with van der Waals surface area (Å²) in [5, 5.41) is 0. The van der Waals surface area contributed by atoms with Gasteiger partial charge in [0.15, 0.2) is 0 Å². The van der Waals surface area contributed by atoms with Gasteiger partial charge in [0.05, 0.1) is 11.7 Å². The Labute approximate surface area is 94.2 Å². The highest BCUT2D eigenvalue weighted by Crippen LogP contribution is 2.31. The fraction of sp³-hybridized carbons (Fsp3) is 0.500. The number of amides is 1. The number of hydrogen-bond donors (Lipinski definition) is 0. The maximum absolute atomic E-state index is 12.1. The number of pyridine rings is 1. The van der Waals surface area contributed by atoms with Crippen molar-refractivity contribution in [3.8, 4) is 0 Å². The van der Waals surface area contributed by atoms with Gasteiger partial charge in [0, 0.05) is 25.5 Å². The molecule has 1 aromatic heterocycles. The molecule has 1 amide bonds. The average Bonchev–Trinajstić information content (AvgIpc) is 3.06. The number of aromatic nitrogens is 1. The minimum Gasteiger partial charge on any atom is -0.368 e. The van der Waals surface area contributed by atoms with Crippen molar-refractivity contribution in [1.82, 2.24) is 9.88 Å². The normalized spacial score (nSPS) is 27.4. The number of epoxide rings is 1. The molecule has 1 aromatic rings. The Bertz CT molecular complexity index is 433. The van der Waals surface area contributed by atoms with Crippen molar-refractivity contribution in [3.63, 3.8) is 0 Å². The van der Waals surface area contributed by atoms with Crippen LogP contribution in [-0.2, 0) is 4.74 Å². The Balaban J connectivity index is 1.76. The highest BCUT2D eigenvalue weighted by atomic mass is 16.6. The smallest absolute Gasteiger partial charge is 0.255 e. The number of likely N-dealkylation sites (tertiary alicyclic amines) is 1. The average molecular weight is 218 g/mol. The first kappa shape index (κ1) is 9.78. The fourth-order valence-corrected chi connectivity index (χ4v) is 2.22. The molecule has 2 fully saturated rings. The molecule has 0 saturated carbocycles. The van der Waals surface area contributed by atoms with Crippen LogP contribution in [0.3, 0.4) is 0 Å². The van der Waals surface area contributed by atoms with Crippen LogP contribution in [0, 0.1) is 6.92 Å². The molecule has 2 aliphatic rings. The molecule has 84 valence electrons. The maximum atomic E-state index is 12.1. The number of ether oxygens (including phenoxy) is 1. The van der Waals surface area contributed by atoms with Crippen LogP contribution in [0.5, 0.6) is 0 Å². The lowest BCUT2D eigenvalue weighted by atomic mass is 10.1. The van der Waals surface area contributed by atoms with Crippen LogP contribution in [0.4, 0.5) is 0 Å². The van der Waals surface area contributed by atoms with Gasteiger partial charge in [-0.05, 0) is 25.0 Å². The second-order valence-corrected chi connectivity index (χ2v) is 4.50. The molecule has 16 heavy (non-hydrogen) atoms. The van der Waals surface area contributed by atoms with Crippen LogP contribution < -0.4 is 0 Å². The summed E-state index contributed by atoms with van der Waals surface area (Å²) in [5.41, 5.74) is 1.70. The summed E-state index contributed by atoms with van der Waals surface area (Å²) in [7, 11) is 0. The van der Waals surface area contributed by atoms with Gasteiger partial charge in [0.2, 0.25) is 0 Å². The van der Waals surface area contributed by atoms with E-state index in [0.29, 0.717) is 11.7 Å². The van der Waals surface area contributed by atoms with Crippen LogP contribution in [0.15, 0.2) is 18.5 Å². The van der Waals surface area contributed by atoms with Gasteiger partial charge in [-0.2, -0.15) is 0 Å². The second kappa shape index (κ2) is 3.56. The summed E-state index contributed by atoms with van der Waals surface area (Å²) in [6, 6.07) is 1.88. The Kier molecular flexibility index (Phi) is 2.17. The van der Waals surface area contributed by atoms with Crippen molar-refractivity contribution in [1.29, 1.82) is 0 Å². The molecule has 4 nitrogen and oxygen atoms in total. The topological polar surface area (TPSA) is 45.7 Å². The van der Waals surface area contributed by atoms with E-state index < -0.39 is 0 Å². The van der Waals surface area contributed by atoms with Gasteiger partial charge in [0.1, 0.15) is 6.10 Å². The molecule has 0 aromatic carbocycles. The van der Waals surface area contributed by atoms with E-state index in [1.54, 1.807) is 12.4 Å². The Morgan fingerprint density at radius 1 is 1.50 bits per heavy atom. The summed E-state index contributed by atoms with van der Waals surface area (Å²) >= 11 is 0. The number of nitrogens with zero attached hydrogens (tertiary/aromatic N) is 2. The lowest BCUT2D eigenvalue weighted by Crippen LogP contribution is -2.39. The third kappa shape index (κ3) is 1.69. The third-order valence-corrected chi connectivity index (χ3v) is 3.18. The van der Waals surface area contributed by atoms with Gasteiger partial charge < -0.3 is 9.64 Å². The predicted octanol–water partition coefficient (Wildman–Crippen LogP) is 1.00. The number of aryl methyl sites for hydroxylation is 1. The van der Waals surface area contributed by atoms with Gasteiger partial charge >= 0.3 is 0 Å². The Morgan fingerprint density at radius 3 is 3.12 bits per heavy atom. The molecule has 3 heterocycles. The molecule has 2 aliphatic heterocycles. The minimum absolute atomic E-state index is 0.0742. The lowest BCUT2D eigenvalue weighted by molar-refractivity contribution is 0.0736. The van der Waals surface area contributed by atoms with Crippen molar-refractivity contribution in [2.45, 2.75) is 25.6 Å². The van der Waals surface area contributed by atoms with Gasteiger partial charge in [-0.1, -0.05) is 0 Å². The van der Waals surface area contributed by atoms with Crippen LogP contribution >= 0.6 is 0 Å². The summed E-state index contributed by atoms with van der Waals surface area (Å²) in [4.78, 5) is 18.1. The summed E-state index contributed by atoms with van der Waals surface area (Å²) < 4.78 is 5.41. The number of carbonyl (C=O) groups excluding carboxylic acids is 1. The van der Waals surface area contributed by atoms with Crippen LogP contribution in [-0.4, -0.2) is 41.1 Å². The first-order valence-corrected chi connectivity index (χ1v) is 5.60. The first-order chi connectivity index (χ1) is 7.74. The number of rotatable bonds is 1. The highest BCUT2D eigenvalue weighted by Gasteiger charge is 2.44. The van der Waals surface area contributed by atoms with E-state index in [-0.39, 0.29) is 12.0 Å². The molecule has 2 saturated heterocycles. The van der Waals surface area contributed by atoms with E-state index in [4.69, 9.17) is 4.74 Å². The summed E-state index contributed by atoms with van der Waals surface area (Å²) in [6.45, 7) is 3.48. The van der Waals surface area contributed by atoms with Gasteiger partial charge in [0.25, 0.3) is 5.91 Å². The second-order valence-electron chi connectivity index (χ2n) is 4.50. The molecular weight excluding hydrogens is 204 g/mol. The monoisotopic (exact) mass is 218 g/mol. The largest absolute Gasteiger partial charge is 0.368 e. The number of fused-ring (bicyclic) bond motifs is 1. The van der Waals surface area contributed by atoms with E-state index in [9.17, 15) is 4.79 Å². The van der Waals surface area contributed by atoms with E-state index in [0.717, 1.165) is 25.1 Å². The predicted molar refractivity (Wildman–Crippen MR) is 58.2 cm³/mol. The molecule has 4 heteroatoms. The minimum atomic E-state index is 0.0742. The van der Waals surface area contributed by atoms with E-state index in [2.05, 4.69) is 4.98 Å². The molecule has 0 spiro atoms. The van der Waals surface area contributed by atoms with Crippen molar-refractivity contribution < 1.29 is 9.53 Å². The van der Waals surface area contributed by atoms with Gasteiger partial charge in [-0.3, -0.25) is 9.78 Å². The van der Waals surface area contributed by atoms with Crippen molar-refractivity contribution in [2.75, 3.05) is 13.1 Å². The van der Waals surface area contributed by atoms with E-state index >= 15 is 0 Å². The molecule has 0 aliphatic carbocycles. The number of piperidine rings is 1. The van der Waals surface area contributed by atoms with Crippen molar-refractivity contribution >= 4 is 5.91 Å². The first-order valence-electron chi connectivity index (χ1n) is 5.60. The zero-order chi connectivity index (χ0) is 11.1. The lowest BCUT2D eigenvalue weighted by Gasteiger charge is -2.24. The molecule has 2 atom stereocenters. The Hall–Kier alpha value is -1.42. The van der Waals surface area contributed by atoms with Crippen molar-refractivity contribution in [2.24, 2.45) is 0 Å². The molecule has 0 bridgehead atoms. The zero-order valence-corrected chi connectivity index (χ0v) is 9.22. The summed E-state index contributed by atoms with van der Waals surface area (Å²) in [5.74, 6) is 0.0742. The van der Waals surface area contributed by atoms with E-state index in [1.165, 1.54) is 0 Å². The SMILES string of the molecule is Cc1cncc(C(=O)N2CC[C@@H]3O[C@H]3C2)c1. The molecular formula is C12H14N2O2. The third-order valence-electron chi connectivity index (χ3n) is 3.18. The quantitative estimate of drug-likeness (QED) is 0.661. The van der Waals surface area contributed by atoms with E-state index in [1.807, 2.05) is 17.9 Å². The molecule has 0 unspecified atom stereocenters. The highest BCUT2D eigenvalue weighted by molar-refractivity contribution is 5.94. The van der Waals surface area contributed by atoms with Crippen molar-refractivity contribution in [3.05, 3.63) is 29.6 Å². The van der Waals surface area contributed by atoms with Crippen LogP contribution in [0.25, 0.3) is 0 Å². The van der Waals surface area contributed by atoms with Gasteiger partial charge in [-0.25, -0.2) is 0 Å². The van der Waals surface area contributed by atoms with Crippen LogP contribution in [0.2, 0.25) is 0 Å². The Morgan fingerprint density at radius 2 is 2.38 bits per heavy atom. The summed E-state index contributed by atoms with van der Waals surface area (Å²) in [6.07, 6.45) is 5.06. The van der Waals surface area contributed by atoms with Gasteiger partial charge in [-0.15, -0.1) is 0 Å². The number of hydrogen-bond acceptors (Lipinski definition) is 3. The fourth-order valence-electron chi connectivity index (χ4n) is 2.22.